The molecule has 0 unspecified atom stereocenters. The molecule has 190 valence electrons. The van der Waals surface area contributed by atoms with Gasteiger partial charge in [0, 0.05) is 66.9 Å². The van der Waals surface area contributed by atoms with E-state index >= 15 is 0 Å². The lowest BCUT2D eigenvalue weighted by molar-refractivity contribution is -0.134. The first kappa shape index (κ1) is 25.5. The number of rotatable bonds is 7. The zero-order chi connectivity index (χ0) is 25.8. The minimum absolute atomic E-state index is 0.00881. The van der Waals surface area contributed by atoms with Crippen LogP contribution < -0.4 is 15.5 Å². The third kappa shape index (κ3) is 6.14. The Morgan fingerprint density at radius 1 is 1.06 bits per heavy atom. The van der Waals surface area contributed by atoms with Crippen LogP contribution in [0, 0.1) is 19.8 Å². The molecule has 36 heavy (non-hydrogen) atoms. The lowest BCUT2D eigenvalue weighted by Crippen LogP contribution is -2.50. The Morgan fingerprint density at radius 3 is 2.33 bits per heavy atom. The average Bonchev–Trinajstić information content (AvgIpc) is 3.26. The molecule has 4 rings (SSSR count). The molecule has 0 bridgehead atoms. The molecule has 1 fully saturated rings. The maximum atomic E-state index is 12.4. The maximum Gasteiger partial charge on any atom is 0.225 e. The van der Waals surface area contributed by atoms with Crippen LogP contribution in [0.1, 0.15) is 32.0 Å². The average molecular weight is 509 g/mol. The molecule has 0 saturated carbocycles. The van der Waals surface area contributed by atoms with E-state index in [9.17, 15) is 9.59 Å². The number of piperazine rings is 1. The van der Waals surface area contributed by atoms with Gasteiger partial charge in [0.2, 0.25) is 11.8 Å². The first-order valence-corrected chi connectivity index (χ1v) is 12.8. The second kappa shape index (κ2) is 11.0. The number of carbonyl (C=O) groups excluding carboxylic acids is 2. The number of hydrogen-bond acceptors (Lipinski definition) is 8. The van der Waals surface area contributed by atoms with Crippen molar-refractivity contribution in [2.75, 3.05) is 41.7 Å². The van der Waals surface area contributed by atoms with Gasteiger partial charge in [-0.25, -0.2) is 9.97 Å². The van der Waals surface area contributed by atoms with E-state index < -0.39 is 0 Å². The Labute approximate surface area is 215 Å². The topological polar surface area (TPSA) is 119 Å². The molecule has 0 spiro atoms. The molecule has 1 aliphatic rings. The molecule has 10 nitrogen and oxygen atoms in total. The second-order valence-electron chi connectivity index (χ2n) is 9.14. The van der Waals surface area contributed by atoms with Crippen molar-refractivity contribution in [3.8, 4) is 0 Å². The third-order valence-corrected chi connectivity index (χ3v) is 6.69. The molecule has 3 aromatic rings. The fraction of sp³-hybridized carbons (Fsp3) is 0.400. The molecule has 0 atom stereocenters. The monoisotopic (exact) mass is 508 g/mol. The highest BCUT2D eigenvalue weighted by molar-refractivity contribution is 7.99. The summed E-state index contributed by atoms with van der Waals surface area (Å²) in [4.78, 5) is 38.5. The number of aryl methyl sites for hydroxylation is 1. The van der Waals surface area contributed by atoms with E-state index in [0.29, 0.717) is 43.0 Å². The number of nitrogens with zero attached hydrogens (tertiary/aromatic N) is 5. The predicted molar refractivity (Wildman–Crippen MR) is 142 cm³/mol. The van der Waals surface area contributed by atoms with Gasteiger partial charge >= 0.3 is 0 Å². The van der Waals surface area contributed by atoms with Gasteiger partial charge in [-0.05, 0) is 49.9 Å². The van der Waals surface area contributed by atoms with Crippen molar-refractivity contribution in [3.05, 3.63) is 41.6 Å². The lowest BCUT2D eigenvalue weighted by Gasteiger charge is -2.37. The second-order valence-corrected chi connectivity index (χ2v) is 10.2. The molecule has 0 radical (unpaired) electrons. The van der Waals surface area contributed by atoms with E-state index in [1.54, 1.807) is 0 Å². The Kier molecular flexibility index (Phi) is 7.78. The minimum Gasteiger partial charge on any atom is -0.353 e. The number of benzene rings is 1. The highest BCUT2D eigenvalue weighted by atomic mass is 32.2. The molecular formula is C25H32N8O2S. The summed E-state index contributed by atoms with van der Waals surface area (Å²) in [6.45, 7) is 12.0. The summed E-state index contributed by atoms with van der Waals surface area (Å²) in [5.74, 6) is 2.28. The Balaban J connectivity index is 1.60. The van der Waals surface area contributed by atoms with Gasteiger partial charge in [-0.1, -0.05) is 13.8 Å². The van der Waals surface area contributed by atoms with Gasteiger partial charge in [0.25, 0.3) is 0 Å². The van der Waals surface area contributed by atoms with E-state index in [0.717, 1.165) is 27.7 Å². The quantitative estimate of drug-likeness (QED) is 0.410. The number of aromatic amines is 1. The van der Waals surface area contributed by atoms with E-state index in [4.69, 9.17) is 9.97 Å². The standard InChI is InChI=1S/C25H32N8O2S/c1-15(2)24(35)33-12-10-32(11-13-33)23-17(4)22(27-21-14-16(3)30-31-21)28-25(29-23)36-20-8-6-19(7-9-20)26-18(5)34/h6-9,14-15H,10-13H2,1-5H3,(H,26,34)(H2,27,28,29,30,31). The van der Waals surface area contributed by atoms with Crippen LogP contribution in [0.15, 0.2) is 40.4 Å². The van der Waals surface area contributed by atoms with Gasteiger partial charge in [0.15, 0.2) is 11.0 Å². The van der Waals surface area contributed by atoms with Crippen LogP contribution in [0.4, 0.5) is 23.1 Å². The number of H-pyrrole nitrogens is 1. The molecule has 1 saturated heterocycles. The molecular weight excluding hydrogens is 476 g/mol. The van der Waals surface area contributed by atoms with E-state index in [2.05, 4.69) is 25.7 Å². The summed E-state index contributed by atoms with van der Waals surface area (Å²) in [6.07, 6.45) is 0. The lowest BCUT2D eigenvalue weighted by atomic mass is 10.1. The number of amides is 2. The molecule has 2 aromatic heterocycles. The van der Waals surface area contributed by atoms with Crippen molar-refractivity contribution in [3.63, 3.8) is 0 Å². The van der Waals surface area contributed by atoms with Crippen LogP contribution in [-0.4, -0.2) is 63.1 Å². The van der Waals surface area contributed by atoms with Crippen LogP contribution in [0.25, 0.3) is 0 Å². The zero-order valence-corrected chi connectivity index (χ0v) is 22.1. The van der Waals surface area contributed by atoms with Gasteiger partial charge in [-0.3, -0.25) is 14.7 Å². The van der Waals surface area contributed by atoms with Crippen molar-refractivity contribution in [1.29, 1.82) is 0 Å². The van der Waals surface area contributed by atoms with Crippen molar-refractivity contribution < 1.29 is 9.59 Å². The molecule has 3 heterocycles. The summed E-state index contributed by atoms with van der Waals surface area (Å²) in [5.41, 5.74) is 2.61. The molecule has 1 aliphatic heterocycles. The van der Waals surface area contributed by atoms with E-state index in [1.807, 2.05) is 62.9 Å². The van der Waals surface area contributed by atoms with E-state index in [1.165, 1.54) is 18.7 Å². The molecule has 1 aromatic carbocycles. The first-order valence-electron chi connectivity index (χ1n) is 12.0. The number of carbonyl (C=O) groups is 2. The fourth-order valence-corrected chi connectivity index (χ4v) is 4.73. The zero-order valence-electron chi connectivity index (χ0n) is 21.3. The van der Waals surface area contributed by atoms with Crippen molar-refractivity contribution in [1.82, 2.24) is 25.1 Å². The van der Waals surface area contributed by atoms with Gasteiger partial charge in [-0.2, -0.15) is 5.10 Å². The van der Waals surface area contributed by atoms with Crippen molar-refractivity contribution in [2.45, 2.75) is 44.7 Å². The summed E-state index contributed by atoms with van der Waals surface area (Å²) in [5, 5.41) is 13.9. The normalized spacial score (nSPS) is 13.7. The van der Waals surface area contributed by atoms with Crippen LogP contribution in [0.2, 0.25) is 0 Å². The minimum atomic E-state index is -0.110. The van der Waals surface area contributed by atoms with Crippen LogP contribution in [0.5, 0.6) is 0 Å². The largest absolute Gasteiger partial charge is 0.353 e. The number of anilines is 4. The summed E-state index contributed by atoms with van der Waals surface area (Å²) in [7, 11) is 0. The van der Waals surface area contributed by atoms with Crippen molar-refractivity contribution >= 4 is 46.7 Å². The fourth-order valence-electron chi connectivity index (χ4n) is 3.98. The number of aromatic nitrogens is 4. The number of hydrogen-bond donors (Lipinski definition) is 3. The molecule has 0 aliphatic carbocycles. The number of nitrogens with one attached hydrogen (secondary N) is 3. The van der Waals surface area contributed by atoms with Gasteiger partial charge in [0.1, 0.15) is 11.6 Å². The molecule has 2 amide bonds. The summed E-state index contributed by atoms with van der Waals surface area (Å²) >= 11 is 1.45. The highest BCUT2D eigenvalue weighted by Crippen LogP contribution is 2.33. The Bertz CT molecular complexity index is 1230. The Hall–Kier alpha value is -3.60. The Morgan fingerprint density at radius 2 is 1.75 bits per heavy atom. The van der Waals surface area contributed by atoms with Gasteiger partial charge in [0.05, 0.1) is 0 Å². The summed E-state index contributed by atoms with van der Waals surface area (Å²) < 4.78 is 0. The van der Waals surface area contributed by atoms with E-state index in [-0.39, 0.29) is 17.7 Å². The molecule has 11 heteroatoms. The van der Waals surface area contributed by atoms with Crippen molar-refractivity contribution in [2.24, 2.45) is 5.92 Å². The summed E-state index contributed by atoms with van der Waals surface area (Å²) in [6, 6.07) is 9.49. The smallest absolute Gasteiger partial charge is 0.225 e. The molecule has 3 N–H and O–H groups in total. The third-order valence-electron chi connectivity index (χ3n) is 5.82. The predicted octanol–water partition coefficient (Wildman–Crippen LogP) is 3.97. The van der Waals surface area contributed by atoms with Crippen LogP contribution >= 0.6 is 11.8 Å². The van der Waals surface area contributed by atoms with Crippen LogP contribution in [-0.2, 0) is 9.59 Å². The first-order chi connectivity index (χ1) is 17.2. The maximum absolute atomic E-state index is 12.4. The SMILES string of the molecule is CC(=O)Nc1ccc(Sc2nc(Nc3cc(C)[nH]n3)c(C)c(N3CCN(C(=O)C(C)C)CC3)n2)cc1. The van der Waals surface area contributed by atoms with Crippen LogP contribution in [0.3, 0.4) is 0 Å². The highest BCUT2D eigenvalue weighted by Gasteiger charge is 2.26. The van der Waals surface area contributed by atoms with Gasteiger partial charge < -0.3 is 20.4 Å². The van der Waals surface area contributed by atoms with Gasteiger partial charge in [-0.15, -0.1) is 0 Å².